The van der Waals surface area contributed by atoms with E-state index in [1.165, 1.54) is 0 Å². The van der Waals surface area contributed by atoms with E-state index in [4.69, 9.17) is 21.1 Å². The highest BCUT2D eigenvalue weighted by Crippen LogP contribution is 2.26. The Bertz CT molecular complexity index is 873. The number of ether oxygens (including phenoxy) is 2. The fourth-order valence-electron chi connectivity index (χ4n) is 3.19. The molecule has 0 aliphatic rings. The summed E-state index contributed by atoms with van der Waals surface area (Å²) in [6.45, 7) is 11.2. The largest absolute Gasteiger partial charge is 0.486 e. The van der Waals surface area contributed by atoms with Gasteiger partial charge in [0.05, 0.1) is 11.5 Å². The Hall–Kier alpha value is -1.89. The number of rotatable bonds is 8. The third kappa shape index (κ3) is 6.04. The standard InChI is InChI=1S/C22H28ClNO4S/c1-7-27-21(25)20(22(5,6)28-18-10-8-17(23)9-11-18)24-29(26)19-15(3)12-14(2)13-16(19)4/h8-13,20,24H,7H2,1-6H3/t20-,29-/m0/s1. The fraction of sp³-hybridized carbons (Fsp3) is 0.409. The van der Waals surface area contributed by atoms with Crippen LogP contribution in [0.15, 0.2) is 41.3 Å². The van der Waals surface area contributed by atoms with Crippen molar-refractivity contribution in [1.29, 1.82) is 0 Å². The molecule has 0 amide bonds. The molecule has 0 spiro atoms. The summed E-state index contributed by atoms with van der Waals surface area (Å²) in [6, 6.07) is 9.83. The van der Waals surface area contributed by atoms with Crippen molar-refractivity contribution < 1.29 is 18.5 Å². The summed E-state index contributed by atoms with van der Waals surface area (Å²) >= 11 is 5.93. The second-order valence-electron chi connectivity index (χ2n) is 7.46. The molecule has 5 nitrogen and oxygen atoms in total. The van der Waals surface area contributed by atoms with Gasteiger partial charge in [0.2, 0.25) is 0 Å². The third-order valence-electron chi connectivity index (χ3n) is 4.43. The molecule has 0 bridgehead atoms. The predicted molar refractivity (Wildman–Crippen MR) is 117 cm³/mol. The molecule has 0 radical (unpaired) electrons. The summed E-state index contributed by atoms with van der Waals surface area (Å²) in [5, 5.41) is 0.585. The van der Waals surface area contributed by atoms with Crippen LogP contribution in [0.3, 0.4) is 0 Å². The first-order valence-corrected chi connectivity index (χ1v) is 10.9. The molecular formula is C22H28ClNO4S. The Morgan fingerprint density at radius 1 is 1.14 bits per heavy atom. The minimum atomic E-state index is -1.63. The number of carbonyl (C=O) groups is 1. The van der Waals surface area contributed by atoms with Gasteiger partial charge in [-0.25, -0.2) is 8.93 Å². The number of benzene rings is 2. The van der Waals surface area contributed by atoms with E-state index in [1.54, 1.807) is 45.0 Å². The first kappa shape index (κ1) is 23.4. The molecule has 2 atom stereocenters. The normalized spacial score (nSPS) is 13.6. The Morgan fingerprint density at radius 2 is 1.69 bits per heavy atom. The van der Waals surface area contributed by atoms with Gasteiger partial charge in [-0.15, -0.1) is 0 Å². The van der Waals surface area contributed by atoms with Crippen LogP contribution in [0.1, 0.15) is 37.5 Å². The van der Waals surface area contributed by atoms with Crippen molar-refractivity contribution in [2.45, 2.75) is 58.1 Å². The number of halogens is 1. The van der Waals surface area contributed by atoms with E-state index in [0.717, 1.165) is 16.7 Å². The van der Waals surface area contributed by atoms with E-state index in [1.807, 2.05) is 32.9 Å². The van der Waals surface area contributed by atoms with Crippen LogP contribution < -0.4 is 9.46 Å². The second kappa shape index (κ2) is 9.74. The molecule has 2 aromatic carbocycles. The Morgan fingerprint density at radius 3 is 2.21 bits per heavy atom. The Kier molecular flexibility index (Phi) is 7.86. The molecule has 0 saturated carbocycles. The first-order chi connectivity index (χ1) is 13.5. The zero-order valence-electron chi connectivity index (χ0n) is 17.7. The molecule has 2 aromatic rings. The van der Waals surface area contributed by atoms with Crippen LogP contribution in [0.25, 0.3) is 0 Å². The molecule has 0 aromatic heterocycles. The van der Waals surface area contributed by atoms with E-state index >= 15 is 0 Å². The molecule has 158 valence electrons. The van der Waals surface area contributed by atoms with Crippen molar-refractivity contribution in [2.24, 2.45) is 0 Å². The van der Waals surface area contributed by atoms with E-state index in [0.29, 0.717) is 15.7 Å². The topological polar surface area (TPSA) is 64.6 Å². The minimum absolute atomic E-state index is 0.212. The van der Waals surface area contributed by atoms with E-state index in [2.05, 4.69) is 4.72 Å². The highest BCUT2D eigenvalue weighted by atomic mass is 35.5. The summed E-state index contributed by atoms with van der Waals surface area (Å²) in [4.78, 5) is 13.4. The average Bonchev–Trinajstić information content (AvgIpc) is 2.60. The monoisotopic (exact) mass is 437 g/mol. The first-order valence-electron chi connectivity index (χ1n) is 9.42. The van der Waals surface area contributed by atoms with Gasteiger partial charge in [-0.3, -0.25) is 4.79 Å². The quantitative estimate of drug-likeness (QED) is 0.609. The number of nitrogens with one attached hydrogen (secondary N) is 1. The molecule has 0 saturated heterocycles. The van der Waals surface area contributed by atoms with Gasteiger partial charge in [0, 0.05) is 5.02 Å². The molecule has 0 aliphatic carbocycles. The lowest BCUT2D eigenvalue weighted by Crippen LogP contribution is -2.56. The molecule has 0 aliphatic heterocycles. The maximum Gasteiger partial charge on any atom is 0.328 e. The van der Waals surface area contributed by atoms with E-state index in [9.17, 15) is 9.00 Å². The smallest absolute Gasteiger partial charge is 0.328 e. The van der Waals surface area contributed by atoms with Gasteiger partial charge in [0.25, 0.3) is 0 Å². The van der Waals surface area contributed by atoms with Gasteiger partial charge in [-0.05, 0) is 76.9 Å². The summed E-state index contributed by atoms with van der Waals surface area (Å²) in [7, 11) is -1.63. The maximum absolute atomic E-state index is 13.2. The lowest BCUT2D eigenvalue weighted by Gasteiger charge is -2.33. The van der Waals surface area contributed by atoms with Crippen LogP contribution in [-0.4, -0.2) is 28.4 Å². The molecule has 0 unspecified atom stereocenters. The van der Waals surface area contributed by atoms with Crippen molar-refractivity contribution in [3.63, 3.8) is 0 Å². The van der Waals surface area contributed by atoms with Crippen LogP contribution in [0, 0.1) is 20.8 Å². The van der Waals surface area contributed by atoms with Gasteiger partial charge in [0.15, 0.2) is 6.04 Å². The van der Waals surface area contributed by atoms with Crippen LogP contribution in [-0.2, 0) is 20.5 Å². The number of hydrogen-bond acceptors (Lipinski definition) is 4. The fourth-order valence-corrected chi connectivity index (χ4v) is 4.73. The van der Waals surface area contributed by atoms with Gasteiger partial charge in [-0.1, -0.05) is 29.3 Å². The average molecular weight is 438 g/mol. The van der Waals surface area contributed by atoms with Crippen molar-refractivity contribution in [1.82, 2.24) is 4.72 Å². The lowest BCUT2D eigenvalue weighted by molar-refractivity contribution is -0.149. The molecule has 2 rings (SSSR count). The molecule has 0 heterocycles. The molecule has 0 fully saturated rings. The molecule has 7 heteroatoms. The van der Waals surface area contributed by atoms with Crippen molar-refractivity contribution in [3.05, 3.63) is 58.1 Å². The predicted octanol–water partition coefficient (Wildman–Crippen LogP) is 4.67. The third-order valence-corrected chi connectivity index (χ3v) is 6.14. The van der Waals surface area contributed by atoms with Gasteiger partial charge in [-0.2, -0.15) is 0 Å². The molecule has 29 heavy (non-hydrogen) atoms. The Balaban J connectivity index is 2.33. The van der Waals surface area contributed by atoms with Gasteiger partial charge >= 0.3 is 5.97 Å². The Labute approximate surface area is 180 Å². The van der Waals surface area contributed by atoms with Crippen LogP contribution in [0.2, 0.25) is 5.02 Å². The summed E-state index contributed by atoms with van der Waals surface area (Å²) < 4.78 is 27.4. The van der Waals surface area contributed by atoms with Gasteiger partial charge < -0.3 is 9.47 Å². The van der Waals surface area contributed by atoms with E-state index < -0.39 is 28.6 Å². The summed E-state index contributed by atoms with van der Waals surface area (Å²) in [5.41, 5.74) is 1.84. The SMILES string of the molecule is CCOC(=O)[C@H](N[S@@](=O)c1c(C)cc(C)cc1C)C(C)(C)Oc1ccc(Cl)cc1. The van der Waals surface area contributed by atoms with Gasteiger partial charge in [0.1, 0.15) is 22.3 Å². The van der Waals surface area contributed by atoms with E-state index in [-0.39, 0.29) is 6.61 Å². The number of aryl methyl sites for hydroxylation is 3. The maximum atomic E-state index is 13.2. The number of hydrogen-bond donors (Lipinski definition) is 1. The van der Waals surface area contributed by atoms with Crippen LogP contribution in [0.4, 0.5) is 0 Å². The zero-order chi connectivity index (χ0) is 21.8. The number of esters is 1. The highest BCUT2D eigenvalue weighted by Gasteiger charge is 2.40. The molecule has 1 N–H and O–H groups in total. The summed E-state index contributed by atoms with van der Waals surface area (Å²) in [5.74, 6) is 0.0196. The van der Waals surface area contributed by atoms with Crippen molar-refractivity contribution >= 4 is 28.6 Å². The lowest BCUT2D eigenvalue weighted by atomic mass is 9.99. The van der Waals surface area contributed by atoms with Crippen molar-refractivity contribution in [3.8, 4) is 5.75 Å². The highest BCUT2D eigenvalue weighted by molar-refractivity contribution is 7.83. The zero-order valence-corrected chi connectivity index (χ0v) is 19.2. The number of carbonyl (C=O) groups excluding carboxylic acids is 1. The van der Waals surface area contributed by atoms with Crippen molar-refractivity contribution in [2.75, 3.05) is 6.61 Å². The summed E-state index contributed by atoms with van der Waals surface area (Å²) in [6.07, 6.45) is 0. The second-order valence-corrected chi connectivity index (χ2v) is 9.08. The van der Waals surface area contributed by atoms with Crippen LogP contribution in [0.5, 0.6) is 5.75 Å². The minimum Gasteiger partial charge on any atom is -0.486 e. The molecular weight excluding hydrogens is 410 g/mol. The van der Waals surface area contributed by atoms with Crippen LogP contribution >= 0.6 is 11.6 Å².